The average Bonchev–Trinajstić information content (AvgIpc) is 3.21. The van der Waals surface area contributed by atoms with Gasteiger partial charge >= 0.3 is 12.1 Å². The van der Waals surface area contributed by atoms with Crippen LogP contribution in [0, 0.1) is 17.3 Å². The van der Waals surface area contributed by atoms with E-state index in [1.807, 2.05) is 30.3 Å². The van der Waals surface area contributed by atoms with E-state index in [1.165, 1.54) is 0 Å². The Labute approximate surface area is 187 Å². The van der Waals surface area contributed by atoms with Gasteiger partial charge in [-0.1, -0.05) is 91.1 Å². The first-order chi connectivity index (χ1) is 13.9. The number of benzene rings is 2. The maximum atomic E-state index is 12.7. The van der Waals surface area contributed by atoms with E-state index in [9.17, 15) is 18.0 Å². The molecule has 2 unspecified atom stereocenters. The molecule has 8 heteroatoms. The van der Waals surface area contributed by atoms with E-state index in [2.05, 4.69) is 0 Å². The van der Waals surface area contributed by atoms with Gasteiger partial charge in [-0.25, -0.2) is 0 Å². The number of alkyl halides is 3. The average molecular weight is 478 g/mol. The summed E-state index contributed by atoms with van der Waals surface area (Å²) in [6, 6.07) is 12.8. The molecular weight excluding hydrogens is 460 g/mol. The number of allylic oxidation sites excluding steroid dienone is 2. The highest BCUT2D eigenvalue weighted by Gasteiger charge is 2.62. The highest BCUT2D eigenvalue weighted by atomic mass is 35.5. The first-order valence-corrected chi connectivity index (χ1v) is 10.2. The Hall–Kier alpha value is -1.69. The van der Waals surface area contributed by atoms with Crippen LogP contribution >= 0.6 is 34.8 Å². The van der Waals surface area contributed by atoms with Crippen LogP contribution < -0.4 is 0 Å². The van der Waals surface area contributed by atoms with Crippen molar-refractivity contribution in [2.75, 3.05) is 0 Å². The van der Waals surface area contributed by atoms with Crippen LogP contribution in [-0.2, 0) is 16.1 Å². The molecule has 0 spiro atoms. The third kappa shape index (κ3) is 4.63. The molecule has 2 aromatic rings. The molecule has 2 aromatic carbocycles. The second kappa shape index (κ2) is 8.45. The molecule has 0 N–H and O–H groups in total. The van der Waals surface area contributed by atoms with Gasteiger partial charge in [0.1, 0.15) is 11.6 Å². The summed E-state index contributed by atoms with van der Waals surface area (Å²) in [6.45, 7) is 3.19. The third-order valence-corrected chi connectivity index (χ3v) is 6.52. The number of carbonyl (C=O) groups is 1. The van der Waals surface area contributed by atoms with Gasteiger partial charge in [0, 0.05) is 16.1 Å². The molecule has 0 amide bonds. The maximum Gasteiger partial charge on any atom is 0.426 e. The summed E-state index contributed by atoms with van der Waals surface area (Å²) in [5.41, 5.74) is 1.35. The molecule has 0 saturated heterocycles. The Morgan fingerprint density at radius 1 is 1.13 bits per heavy atom. The molecule has 0 aliphatic heterocycles. The van der Waals surface area contributed by atoms with Crippen LogP contribution in [0.25, 0.3) is 11.1 Å². The molecule has 2 nitrogen and oxygen atoms in total. The van der Waals surface area contributed by atoms with Crippen molar-refractivity contribution in [1.82, 2.24) is 0 Å². The van der Waals surface area contributed by atoms with Gasteiger partial charge in [0.25, 0.3) is 0 Å². The predicted octanol–water partition coefficient (Wildman–Crippen LogP) is 7.66. The molecule has 0 radical (unpaired) electrons. The minimum atomic E-state index is -4.65. The SMILES string of the molecule is CC1(C)C(/C=C(\Cl)C(F)(F)F)C1C(=O)OCc1c(Cl)ccc(-c2ccccc2)c1Cl. The van der Waals surface area contributed by atoms with E-state index in [-0.39, 0.29) is 6.61 Å². The number of esters is 1. The van der Waals surface area contributed by atoms with Crippen LogP contribution in [0.5, 0.6) is 0 Å². The Morgan fingerprint density at radius 2 is 1.77 bits per heavy atom. The summed E-state index contributed by atoms with van der Waals surface area (Å²) >= 11 is 18.1. The van der Waals surface area contributed by atoms with E-state index in [0.717, 1.165) is 17.2 Å². The standard InChI is InChI=1S/C22H18Cl3F3O2/c1-21(2)15(10-17(24)22(26,27)28)18(21)20(29)30-11-14-16(23)9-8-13(19(14)25)12-6-4-3-5-7-12/h3-10,15,18H,11H2,1-2H3/b17-10-. The second-order valence-electron chi connectivity index (χ2n) is 7.70. The molecule has 30 heavy (non-hydrogen) atoms. The minimum Gasteiger partial charge on any atom is -0.460 e. The number of hydrogen-bond acceptors (Lipinski definition) is 2. The zero-order valence-corrected chi connectivity index (χ0v) is 18.3. The predicted molar refractivity (Wildman–Crippen MR) is 112 cm³/mol. The Balaban J connectivity index is 1.76. The lowest BCUT2D eigenvalue weighted by atomic mass is 10.0. The fraction of sp³-hybridized carbons (Fsp3) is 0.318. The highest BCUT2D eigenvalue weighted by molar-refractivity contribution is 6.37. The van der Waals surface area contributed by atoms with E-state index in [0.29, 0.717) is 15.6 Å². The number of rotatable bonds is 5. The van der Waals surface area contributed by atoms with Crippen molar-refractivity contribution in [3.8, 4) is 11.1 Å². The van der Waals surface area contributed by atoms with Gasteiger partial charge in [-0.05, 0) is 23.0 Å². The van der Waals surface area contributed by atoms with Gasteiger partial charge in [0.05, 0.1) is 10.9 Å². The van der Waals surface area contributed by atoms with Gasteiger partial charge in [0.2, 0.25) is 0 Å². The molecule has 1 fully saturated rings. The Kier molecular flexibility index (Phi) is 6.47. The molecule has 160 valence electrons. The molecule has 2 atom stereocenters. The van der Waals surface area contributed by atoms with E-state index in [4.69, 9.17) is 39.5 Å². The second-order valence-corrected chi connectivity index (χ2v) is 8.89. The van der Waals surface area contributed by atoms with Crippen molar-refractivity contribution in [1.29, 1.82) is 0 Å². The molecule has 0 heterocycles. The molecule has 1 aliphatic carbocycles. The zero-order valence-electron chi connectivity index (χ0n) is 16.1. The summed E-state index contributed by atoms with van der Waals surface area (Å²) in [7, 11) is 0. The van der Waals surface area contributed by atoms with Crippen LogP contribution in [-0.4, -0.2) is 12.1 Å². The molecule has 1 saturated carbocycles. The minimum absolute atomic E-state index is 0.187. The highest BCUT2D eigenvalue weighted by Crippen LogP contribution is 2.60. The number of hydrogen-bond donors (Lipinski definition) is 0. The smallest absolute Gasteiger partial charge is 0.426 e. The lowest BCUT2D eigenvalue weighted by Gasteiger charge is -2.13. The Morgan fingerprint density at radius 3 is 2.37 bits per heavy atom. The van der Waals surface area contributed by atoms with Crippen molar-refractivity contribution in [3.05, 3.63) is 69.2 Å². The summed E-state index contributed by atoms with van der Waals surface area (Å²) < 4.78 is 43.5. The van der Waals surface area contributed by atoms with Gasteiger partial charge < -0.3 is 4.74 Å². The van der Waals surface area contributed by atoms with Crippen LogP contribution in [0.1, 0.15) is 19.4 Å². The lowest BCUT2D eigenvalue weighted by molar-refractivity contribution is -0.147. The number of ether oxygens (including phenoxy) is 1. The molecular formula is C22H18Cl3F3O2. The zero-order chi connectivity index (χ0) is 22.3. The number of halogens is 6. The van der Waals surface area contributed by atoms with Crippen LogP contribution in [0.2, 0.25) is 10.0 Å². The molecule has 0 aromatic heterocycles. The van der Waals surface area contributed by atoms with Crippen molar-refractivity contribution in [2.24, 2.45) is 17.3 Å². The van der Waals surface area contributed by atoms with E-state index in [1.54, 1.807) is 26.0 Å². The first kappa shape index (κ1) is 23.0. The van der Waals surface area contributed by atoms with Crippen molar-refractivity contribution < 1.29 is 22.7 Å². The molecule has 0 bridgehead atoms. The van der Waals surface area contributed by atoms with Crippen LogP contribution in [0.3, 0.4) is 0 Å². The monoisotopic (exact) mass is 476 g/mol. The third-order valence-electron chi connectivity index (χ3n) is 5.39. The fourth-order valence-electron chi connectivity index (χ4n) is 3.49. The summed E-state index contributed by atoms with van der Waals surface area (Å²) in [4.78, 5) is 12.6. The van der Waals surface area contributed by atoms with Crippen molar-refractivity contribution in [2.45, 2.75) is 26.6 Å². The van der Waals surface area contributed by atoms with Gasteiger partial charge in [-0.2, -0.15) is 13.2 Å². The van der Waals surface area contributed by atoms with E-state index >= 15 is 0 Å². The van der Waals surface area contributed by atoms with Crippen LogP contribution in [0.15, 0.2) is 53.6 Å². The molecule has 3 rings (SSSR count). The maximum absolute atomic E-state index is 12.7. The summed E-state index contributed by atoms with van der Waals surface area (Å²) in [5.74, 6) is -2.02. The normalized spacial score (nSPS) is 20.7. The largest absolute Gasteiger partial charge is 0.460 e. The van der Waals surface area contributed by atoms with Gasteiger partial charge in [-0.3, -0.25) is 4.79 Å². The summed E-state index contributed by atoms with van der Waals surface area (Å²) in [6.07, 6.45) is -3.77. The topological polar surface area (TPSA) is 26.3 Å². The van der Waals surface area contributed by atoms with Crippen molar-refractivity contribution in [3.63, 3.8) is 0 Å². The first-order valence-electron chi connectivity index (χ1n) is 9.08. The van der Waals surface area contributed by atoms with Crippen LogP contribution in [0.4, 0.5) is 13.2 Å². The lowest BCUT2D eigenvalue weighted by Crippen LogP contribution is -2.11. The van der Waals surface area contributed by atoms with E-state index < -0.39 is 34.4 Å². The Bertz CT molecular complexity index is 985. The summed E-state index contributed by atoms with van der Waals surface area (Å²) in [5, 5.41) is -0.551. The quantitative estimate of drug-likeness (QED) is 0.413. The fourth-order valence-corrected chi connectivity index (χ4v) is 4.22. The van der Waals surface area contributed by atoms with Crippen molar-refractivity contribution >= 4 is 40.8 Å². The number of carbonyl (C=O) groups excluding carboxylic acids is 1. The molecule has 1 aliphatic rings. The van der Waals surface area contributed by atoms with Gasteiger partial charge in [-0.15, -0.1) is 0 Å². The van der Waals surface area contributed by atoms with Gasteiger partial charge in [0.15, 0.2) is 0 Å².